The Hall–Kier alpha value is -2.58. The number of nitrogens with one attached hydrogen (secondary N) is 1. The van der Waals surface area contributed by atoms with Crippen molar-refractivity contribution in [2.75, 3.05) is 17.1 Å². The van der Waals surface area contributed by atoms with Gasteiger partial charge in [-0.25, -0.2) is 8.42 Å². The largest absolute Gasteiger partial charge is 0.352 e. The molecule has 3 rings (SSSR count). The molecule has 1 atom stereocenters. The molecular formula is C28H38ClN3O4S. The zero-order chi connectivity index (χ0) is 27.0. The van der Waals surface area contributed by atoms with Crippen LogP contribution in [0.5, 0.6) is 0 Å². The molecule has 0 aromatic heterocycles. The number of carbonyl (C=O) groups excluding carboxylic acids is 2. The normalized spacial score (nSPS) is 15.1. The summed E-state index contributed by atoms with van der Waals surface area (Å²) in [5, 5.41) is 3.73. The first-order valence-corrected chi connectivity index (χ1v) is 15.2. The number of benzene rings is 2. The van der Waals surface area contributed by atoms with Crippen molar-refractivity contribution < 1.29 is 18.0 Å². The van der Waals surface area contributed by atoms with Crippen molar-refractivity contribution in [3.05, 3.63) is 64.7 Å². The fourth-order valence-corrected chi connectivity index (χ4v) is 5.81. The van der Waals surface area contributed by atoms with Crippen LogP contribution in [0.2, 0.25) is 5.02 Å². The third kappa shape index (κ3) is 8.75. The van der Waals surface area contributed by atoms with E-state index in [9.17, 15) is 18.0 Å². The van der Waals surface area contributed by atoms with Gasteiger partial charge in [-0.15, -0.1) is 0 Å². The van der Waals surface area contributed by atoms with E-state index in [0.29, 0.717) is 17.1 Å². The number of hydrogen-bond acceptors (Lipinski definition) is 4. The summed E-state index contributed by atoms with van der Waals surface area (Å²) < 4.78 is 26.3. The first-order valence-electron chi connectivity index (χ1n) is 12.9. The number of sulfonamides is 1. The lowest BCUT2D eigenvalue weighted by Gasteiger charge is -2.31. The van der Waals surface area contributed by atoms with Gasteiger partial charge < -0.3 is 10.2 Å². The van der Waals surface area contributed by atoms with Crippen LogP contribution in [-0.4, -0.2) is 50.0 Å². The summed E-state index contributed by atoms with van der Waals surface area (Å²) in [5.74, 6) is -0.356. The minimum absolute atomic E-state index is 0.118. The molecule has 1 aliphatic carbocycles. The lowest BCUT2D eigenvalue weighted by molar-refractivity contribution is -0.141. The van der Waals surface area contributed by atoms with Crippen molar-refractivity contribution >= 4 is 39.1 Å². The number of rotatable bonds is 11. The van der Waals surface area contributed by atoms with E-state index in [-0.39, 0.29) is 37.4 Å². The maximum Gasteiger partial charge on any atom is 0.242 e. The van der Waals surface area contributed by atoms with Gasteiger partial charge in [0.05, 0.1) is 11.9 Å². The quantitative estimate of drug-likeness (QED) is 0.426. The number of hydrogen-bond donors (Lipinski definition) is 1. The molecule has 2 aromatic rings. The van der Waals surface area contributed by atoms with Crippen LogP contribution in [0.3, 0.4) is 0 Å². The Balaban J connectivity index is 1.71. The molecule has 1 N–H and O–H groups in total. The molecule has 1 fully saturated rings. The summed E-state index contributed by atoms with van der Waals surface area (Å²) in [5.41, 5.74) is 2.40. The molecule has 0 unspecified atom stereocenters. The number of anilines is 1. The van der Waals surface area contributed by atoms with E-state index >= 15 is 0 Å². The van der Waals surface area contributed by atoms with Gasteiger partial charge in [0.25, 0.3) is 0 Å². The standard InChI is InChI=1S/C28H38ClN3O4S/c1-21-9-7-12-26(19-21)32(37(3,35)36)18-8-13-27(33)31(20-23-14-16-24(29)17-15-23)22(2)28(34)30-25-10-5-4-6-11-25/h7,9,12,14-17,19,22,25H,4-6,8,10-11,13,18,20H2,1-3H3,(H,30,34)/t22-/m0/s1. The van der Waals surface area contributed by atoms with Crippen molar-refractivity contribution in [3.8, 4) is 0 Å². The topological polar surface area (TPSA) is 86.8 Å². The Labute approximate surface area is 226 Å². The Morgan fingerprint density at radius 3 is 2.38 bits per heavy atom. The van der Waals surface area contributed by atoms with Gasteiger partial charge in [0.2, 0.25) is 21.8 Å². The highest BCUT2D eigenvalue weighted by Gasteiger charge is 2.28. The van der Waals surface area contributed by atoms with Crippen LogP contribution < -0.4 is 9.62 Å². The van der Waals surface area contributed by atoms with Crippen LogP contribution in [0.25, 0.3) is 0 Å². The molecule has 0 saturated heterocycles. The molecular weight excluding hydrogens is 510 g/mol. The molecule has 7 nitrogen and oxygen atoms in total. The monoisotopic (exact) mass is 547 g/mol. The molecule has 0 radical (unpaired) electrons. The van der Waals surface area contributed by atoms with E-state index in [1.54, 1.807) is 30.0 Å². The zero-order valence-electron chi connectivity index (χ0n) is 22.0. The zero-order valence-corrected chi connectivity index (χ0v) is 23.5. The molecule has 37 heavy (non-hydrogen) atoms. The Bertz CT molecular complexity index is 1160. The first-order chi connectivity index (χ1) is 17.5. The maximum absolute atomic E-state index is 13.4. The average Bonchev–Trinajstić information content (AvgIpc) is 2.85. The molecule has 1 saturated carbocycles. The van der Waals surface area contributed by atoms with Gasteiger partial charge in [-0.05, 0) is 68.5 Å². The molecule has 2 aromatic carbocycles. The van der Waals surface area contributed by atoms with Gasteiger partial charge in [0.1, 0.15) is 6.04 Å². The lowest BCUT2D eigenvalue weighted by atomic mass is 9.95. The van der Waals surface area contributed by atoms with Gasteiger partial charge in [0, 0.05) is 30.6 Å². The van der Waals surface area contributed by atoms with Crippen LogP contribution >= 0.6 is 11.6 Å². The minimum atomic E-state index is -3.52. The van der Waals surface area contributed by atoms with Gasteiger partial charge in [-0.2, -0.15) is 0 Å². The van der Waals surface area contributed by atoms with Crippen molar-refractivity contribution in [1.29, 1.82) is 0 Å². The Kier molecular flexibility index (Phi) is 10.4. The average molecular weight is 548 g/mol. The van der Waals surface area contributed by atoms with Crippen molar-refractivity contribution in [3.63, 3.8) is 0 Å². The van der Waals surface area contributed by atoms with Gasteiger partial charge in [0.15, 0.2) is 0 Å². The molecule has 202 valence electrons. The highest BCUT2D eigenvalue weighted by Crippen LogP contribution is 2.21. The first kappa shape index (κ1) is 29.0. The van der Waals surface area contributed by atoms with Crippen LogP contribution in [0, 0.1) is 6.92 Å². The Morgan fingerprint density at radius 2 is 1.76 bits per heavy atom. The minimum Gasteiger partial charge on any atom is -0.352 e. The van der Waals surface area contributed by atoms with Crippen LogP contribution in [0.1, 0.15) is 63.0 Å². The third-order valence-corrected chi connectivity index (χ3v) is 8.27. The molecule has 0 bridgehead atoms. The van der Waals surface area contributed by atoms with E-state index in [4.69, 9.17) is 11.6 Å². The van der Waals surface area contributed by atoms with Crippen LogP contribution in [-0.2, 0) is 26.2 Å². The van der Waals surface area contributed by atoms with E-state index < -0.39 is 16.1 Å². The molecule has 0 heterocycles. The van der Waals surface area contributed by atoms with Crippen LogP contribution in [0.4, 0.5) is 5.69 Å². The summed E-state index contributed by atoms with van der Waals surface area (Å²) in [4.78, 5) is 28.1. The maximum atomic E-state index is 13.4. The van der Waals surface area contributed by atoms with E-state index in [2.05, 4.69) is 5.32 Å². The summed E-state index contributed by atoms with van der Waals surface area (Å²) in [6, 6.07) is 14.0. The second kappa shape index (κ2) is 13.3. The second-order valence-electron chi connectivity index (χ2n) is 9.95. The molecule has 1 aliphatic rings. The van der Waals surface area contributed by atoms with Crippen molar-refractivity contribution in [2.24, 2.45) is 0 Å². The summed E-state index contributed by atoms with van der Waals surface area (Å²) in [6.45, 7) is 4.10. The number of nitrogens with zero attached hydrogens (tertiary/aromatic N) is 2. The highest BCUT2D eigenvalue weighted by atomic mass is 35.5. The molecule has 0 spiro atoms. The van der Waals surface area contributed by atoms with E-state index in [1.165, 1.54) is 17.0 Å². The smallest absolute Gasteiger partial charge is 0.242 e. The van der Waals surface area contributed by atoms with Crippen LogP contribution in [0.15, 0.2) is 48.5 Å². The predicted molar refractivity (Wildman–Crippen MR) is 149 cm³/mol. The van der Waals surface area contributed by atoms with Crippen molar-refractivity contribution in [2.45, 2.75) is 77.4 Å². The number of aryl methyl sites for hydroxylation is 1. The predicted octanol–water partition coefficient (Wildman–Crippen LogP) is 5.06. The number of carbonyl (C=O) groups is 2. The lowest BCUT2D eigenvalue weighted by Crippen LogP contribution is -2.50. The number of amides is 2. The summed E-state index contributed by atoms with van der Waals surface area (Å²) in [6.07, 6.45) is 6.93. The van der Waals surface area contributed by atoms with Gasteiger partial charge in [-0.1, -0.05) is 55.1 Å². The molecule has 0 aliphatic heterocycles. The summed E-state index contributed by atoms with van der Waals surface area (Å²) >= 11 is 6.03. The molecule has 9 heteroatoms. The van der Waals surface area contributed by atoms with E-state index in [1.807, 2.05) is 37.3 Å². The fourth-order valence-electron chi connectivity index (χ4n) is 4.72. The van der Waals surface area contributed by atoms with E-state index in [0.717, 1.165) is 36.8 Å². The summed E-state index contributed by atoms with van der Waals surface area (Å²) in [7, 11) is -3.52. The third-order valence-electron chi connectivity index (χ3n) is 6.83. The fraction of sp³-hybridized carbons (Fsp3) is 0.500. The Morgan fingerprint density at radius 1 is 1.08 bits per heavy atom. The van der Waals surface area contributed by atoms with Gasteiger partial charge >= 0.3 is 0 Å². The SMILES string of the molecule is Cc1cccc(N(CCCC(=O)N(Cc2ccc(Cl)cc2)[C@@H](C)C(=O)NC2CCCCC2)S(C)(=O)=O)c1. The molecule has 2 amide bonds. The van der Waals surface area contributed by atoms with Gasteiger partial charge in [-0.3, -0.25) is 13.9 Å². The second-order valence-corrected chi connectivity index (χ2v) is 12.3. The number of halogens is 1. The van der Waals surface area contributed by atoms with Crippen molar-refractivity contribution in [1.82, 2.24) is 10.2 Å². The highest BCUT2D eigenvalue weighted by molar-refractivity contribution is 7.92.